The van der Waals surface area contributed by atoms with Crippen molar-refractivity contribution in [3.05, 3.63) is 23.3 Å². The first kappa shape index (κ1) is 10.5. The van der Waals surface area contributed by atoms with Crippen molar-refractivity contribution in [3.63, 3.8) is 0 Å². The Labute approximate surface area is 84.8 Å². The summed E-state index contributed by atoms with van der Waals surface area (Å²) in [4.78, 5) is 0. The Kier molecular flexibility index (Phi) is 3.41. The fraction of sp³-hybridized carbons (Fsp3) is 0.333. The lowest BCUT2D eigenvalue weighted by molar-refractivity contribution is 0.388. The fourth-order valence-electron chi connectivity index (χ4n) is 1.36. The molecule has 0 unspecified atom stereocenters. The first-order valence-electron chi connectivity index (χ1n) is 4.38. The van der Waals surface area contributed by atoms with Crippen LogP contribution < -0.4 is 9.47 Å². The number of hydrogen-bond acceptors (Lipinski definition) is 2. The maximum absolute atomic E-state index is 5.25. The molecule has 0 saturated carbocycles. The lowest BCUT2D eigenvalue weighted by Crippen LogP contribution is -1.95. The lowest BCUT2D eigenvalue weighted by Gasteiger charge is -2.11. The quantitative estimate of drug-likeness (QED) is 0.680. The summed E-state index contributed by atoms with van der Waals surface area (Å²) in [7, 11) is 3.28. The van der Waals surface area contributed by atoms with E-state index in [1.54, 1.807) is 14.2 Å². The zero-order valence-corrected chi connectivity index (χ0v) is 8.76. The summed E-state index contributed by atoms with van der Waals surface area (Å²) in [5.41, 5.74) is 2.03. The molecule has 0 bridgehead atoms. The van der Waals surface area contributed by atoms with Gasteiger partial charge >= 0.3 is 0 Å². The van der Waals surface area contributed by atoms with Crippen molar-refractivity contribution in [1.29, 1.82) is 0 Å². The van der Waals surface area contributed by atoms with Gasteiger partial charge in [-0.2, -0.15) is 0 Å². The molecule has 0 heterocycles. The van der Waals surface area contributed by atoms with E-state index in [-0.39, 0.29) is 0 Å². The maximum atomic E-state index is 5.25. The molecule has 0 spiro atoms. The number of hydrogen-bond donors (Lipinski definition) is 0. The zero-order valence-electron chi connectivity index (χ0n) is 8.76. The van der Waals surface area contributed by atoms with Crippen molar-refractivity contribution >= 4 is 0 Å². The molecule has 1 aromatic rings. The van der Waals surface area contributed by atoms with Gasteiger partial charge in [0.25, 0.3) is 0 Å². The summed E-state index contributed by atoms with van der Waals surface area (Å²) in [5, 5.41) is 0. The van der Waals surface area contributed by atoms with E-state index in [1.807, 2.05) is 19.1 Å². The van der Waals surface area contributed by atoms with Gasteiger partial charge < -0.3 is 9.47 Å². The SMILES string of the molecule is C#CCc1cc(OC)c(C)c(OC)c1. The van der Waals surface area contributed by atoms with Crippen LogP contribution in [-0.2, 0) is 6.42 Å². The number of benzene rings is 1. The van der Waals surface area contributed by atoms with Gasteiger partial charge in [-0.1, -0.05) is 0 Å². The first-order chi connectivity index (χ1) is 6.72. The highest BCUT2D eigenvalue weighted by Crippen LogP contribution is 2.29. The predicted molar refractivity (Wildman–Crippen MR) is 56.8 cm³/mol. The van der Waals surface area contributed by atoms with Gasteiger partial charge in [-0.05, 0) is 24.6 Å². The van der Waals surface area contributed by atoms with Crippen LogP contribution in [0.2, 0.25) is 0 Å². The Morgan fingerprint density at radius 3 is 2.07 bits per heavy atom. The molecule has 0 amide bonds. The third-order valence-corrected chi connectivity index (χ3v) is 2.12. The smallest absolute Gasteiger partial charge is 0.125 e. The van der Waals surface area contributed by atoms with E-state index in [2.05, 4.69) is 5.92 Å². The van der Waals surface area contributed by atoms with Crippen LogP contribution in [0.5, 0.6) is 11.5 Å². The summed E-state index contributed by atoms with van der Waals surface area (Å²) < 4.78 is 10.5. The van der Waals surface area contributed by atoms with Crippen LogP contribution in [0.3, 0.4) is 0 Å². The van der Waals surface area contributed by atoms with Crippen LogP contribution in [0.15, 0.2) is 12.1 Å². The second-order valence-corrected chi connectivity index (χ2v) is 3.01. The highest BCUT2D eigenvalue weighted by atomic mass is 16.5. The van der Waals surface area contributed by atoms with Crippen LogP contribution >= 0.6 is 0 Å². The van der Waals surface area contributed by atoms with E-state index in [4.69, 9.17) is 15.9 Å². The Balaban J connectivity index is 3.19. The van der Waals surface area contributed by atoms with E-state index in [0.29, 0.717) is 6.42 Å². The lowest BCUT2D eigenvalue weighted by atomic mass is 10.1. The van der Waals surface area contributed by atoms with Gasteiger partial charge in [0.15, 0.2) is 0 Å². The minimum absolute atomic E-state index is 0.590. The molecule has 0 saturated heterocycles. The van der Waals surface area contributed by atoms with E-state index in [0.717, 1.165) is 22.6 Å². The van der Waals surface area contributed by atoms with Crippen molar-refractivity contribution < 1.29 is 9.47 Å². The molecule has 0 aliphatic rings. The van der Waals surface area contributed by atoms with Crippen LogP contribution in [-0.4, -0.2) is 14.2 Å². The summed E-state index contributed by atoms with van der Waals surface area (Å²) >= 11 is 0. The molecule has 0 radical (unpaired) electrons. The summed E-state index contributed by atoms with van der Waals surface area (Å²) in [6.07, 6.45) is 5.84. The molecule has 2 nitrogen and oxygen atoms in total. The molecule has 0 fully saturated rings. The highest BCUT2D eigenvalue weighted by Gasteiger charge is 2.07. The molecule has 0 aromatic heterocycles. The van der Waals surface area contributed by atoms with Gasteiger partial charge in [0, 0.05) is 12.0 Å². The highest BCUT2D eigenvalue weighted by molar-refractivity contribution is 5.47. The Hall–Kier alpha value is -1.62. The molecule has 2 heteroatoms. The molecule has 74 valence electrons. The molecular weight excluding hydrogens is 176 g/mol. The van der Waals surface area contributed by atoms with Crippen molar-refractivity contribution in [2.45, 2.75) is 13.3 Å². The van der Waals surface area contributed by atoms with Crippen molar-refractivity contribution in [2.75, 3.05) is 14.2 Å². The standard InChI is InChI=1S/C12H14O2/c1-5-6-10-7-11(13-3)9(2)12(8-10)14-4/h1,7-8H,6H2,2-4H3. The molecule has 0 aliphatic carbocycles. The molecule has 14 heavy (non-hydrogen) atoms. The summed E-state index contributed by atoms with van der Waals surface area (Å²) in [5.74, 6) is 4.22. The molecule has 0 atom stereocenters. The summed E-state index contributed by atoms with van der Waals surface area (Å²) in [6.45, 7) is 1.96. The monoisotopic (exact) mass is 190 g/mol. The third kappa shape index (κ3) is 2.00. The minimum atomic E-state index is 0.590. The van der Waals surface area contributed by atoms with Crippen LogP contribution in [0.4, 0.5) is 0 Å². The average molecular weight is 190 g/mol. The van der Waals surface area contributed by atoms with Gasteiger partial charge in [-0.3, -0.25) is 0 Å². The number of methoxy groups -OCH3 is 2. The van der Waals surface area contributed by atoms with Crippen molar-refractivity contribution in [2.24, 2.45) is 0 Å². The molecule has 0 N–H and O–H groups in total. The van der Waals surface area contributed by atoms with Crippen LogP contribution in [0.1, 0.15) is 11.1 Å². The van der Waals surface area contributed by atoms with Crippen molar-refractivity contribution in [3.8, 4) is 23.8 Å². The molecular formula is C12H14O2. The Bertz CT molecular complexity index is 336. The van der Waals surface area contributed by atoms with E-state index in [1.165, 1.54) is 0 Å². The minimum Gasteiger partial charge on any atom is -0.496 e. The topological polar surface area (TPSA) is 18.5 Å². The largest absolute Gasteiger partial charge is 0.496 e. The van der Waals surface area contributed by atoms with Crippen LogP contribution in [0, 0.1) is 19.3 Å². The van der Waals surface area contributed by atoms with Crippen molar-refractivity contribution in [1.82, 2.24) is 0 Å². The average Bonchev–Trinajstić information content (AvgIpc) is 2.20. The zero-order chi connectivity index (χ0) is 10.6. The normalized spacial score (nSPS) is 9.29. The number of terminal acetylenes is 1. The third-order valence-electron chi connectivity index (χ3n) is 2.12. The number of rotatable bonds is 3. The second-order valence-electron chi connectivity index (χ2n) is 3.01. The van der Waals surface area contributed by atoms with E-state index in [9.17, 15) is 0 Å². The predicted octanol–water partition coefficient (Wildman–Crippen LogP) is 2.19. The van der Waals surface area contributed by atoms with E-state index >= 15 is 0 Å². The fourth-order valence-corrected chi connectivity index (χ4v) is 1.36. The second kappa shape index (κ2) is 4.57. The van der Waals surface area contributed by atoms with Gasteiger partial charge in [0.05, 0.1) is 14.2 Å². The van der Waals surface area contributed by atoms with Gasteiger partial charge in [0.1, 0.15) is 11.5 Å². The molecule has 1 rings (SSSR count). The first-order valence-corrected chi connectivity index (χ1v) is 4.38. The van der Waals surface area contributed by atoms with Crippen LogP contribution in [0.25, 0.3) is 0 Å². The maximum Gasteiger partial charge on any atom is 0.125 e. The number of ether oxygens (including phenoxy) is 2. The van der Waals surface area contributed by atoms with Gasteiger partial charge in [0.2, 0.25) is 0 Å². The van der Waals surface area contributed by atoms with Gasteiger partial charge in [-0.25, -0.2) is 0 Å². The Morgan fingerprint density at radius 2 is 1.71 bits per heavy atom. The Morgan fingerprint density at radius 1 is 1.21 bits per heavy atom. The molecule has 0 aliphatic heterocycles. The molecule has 1 aromatic carbocycles. The summed E-state index contributed by atoms with van der Waals surface area (Å²) in [6, 6.07) is 3.88. The van der Waals surface area contributed by atoms with Gasteiger partial charge in [-0.15, -0.1) is 12.3 Å². The van der Waals surface area contributed by atoms with E-state index < -0.39 is 0 Å².